The number of rotatable bonds is 2. The number of hydrogen-bond acceptors (Lipinski definition) is 2. The maximum Gasteiger partial charge on any atom is 0.303 e. The lowest BCUT2D eigenvalue weighted by Crippen LogP contribution is -2.42. The molecule has 1 saturated heterocycles. The first kappa shape index (κ1) is 10.9. The van der Waals surface area contributed by atoms with E-state index in [9.17, 15) is 4.79 Å². The highest BCUT2D eigenvalue weighted by molar-refractivity contribution is 5.67. The zero-order chi connectivity index (χ0) is 10.8. The van der Waals surface area contributed by atoms with Crippen molar-refractivity contribution < 1.29 is 14.6 Å². The van der Waals surface area contributed by atoms with Crippen LogP contribution in [0.5, 0.6) is 0 Å². The Kier molecular flexibility index (Phi) is 3.29. The van der Waals surface area contributed by atoms with Gasteiger partial charge in [-0.3, -0.25) is 4.79 Å². The van der Waals surface area contributed by atoms with Crippen LogP contribution >= 0.6 is 0 Å². The molecular weight excluding hydrogens is 192 g/mol. The van der Waals surface area contributed by atoms with Gasteiger partial charge in [0.15, 0.2) is 0 Å². The minimum Gasteiger partial charge on any atom is -0.481 e. The van der Waals surface area contributed by atoms with E-state index in [-0.39, 0.29) is 6.10 Å². The molecule has 1 N–H and O–H groups in total. The van der Waals surface area contributed by atoms with Crippen LogP contribution in [0, 0.1) is 11.8 Å². The molecule has 2 rings (SSSR count). The van der Waals surface area contributed by atoms with Crippen molar-refractivity contribution in [1.82, 2.24) is 0 Å². The van der Waals surface area contributed by atoms with Crippen molar-refractivity contribution in [2.24, 2.45) is 11.8 Å². The molecule has 3 nitrogen and oxygen atoms in total. The second kappa shape index (κ2) is 4.52. The van der Waals surface area contributed by atoms with E-state index in [4.69, 9.17) is 9.84 Å². The lowest BCUT2D eigenvalue weighted by molar-refractivity contribution is -0.146. The molecule has 0 bridgehead atoms. The van der Waals surface area contributed by atoms with Crippen LogP contribution in [-0.4, -0.2) is 23.3 Å². The molecule has 1 saturated carbocycles. The number of fused-ring (bicyclic) bond motifs is 1. The third kappa shape index (κ3) is 2.51. The van der Waals surface area contributed by atoms with Crippen molar-refractivity contribution >= 4 is 5.97 Å². The van der Waals surface area contributed by atoms with Crippen LogP contribution in [0.15, 0.2) is 0 Å². The summed E-state index contributed by atoms with van der Waals surface area (Å²) < 4.78 is 5.91. The topological polar surface area (TPSA) is 46.5 Å². The molecule has 2 aliphatic rings. The molecule has 4 unspecified atom stereocenters. The molecule has 15 heavy (non-hydrogen) atoms. The van der Waals surface area contributed by atoms with Crippen molar-refractivity contribution in [2.75, 3.05) is 0 Å². The van der Waals surface area contributed by atoms with Crippen molar-refractivity contribution in [3.05, 3.63) is 0 Å². The largest absolute Gasteiger partial charge is 0.481 e. The number of hydrogen-bond donors (Lipinski definition) is 1. The molecule has 4 atom stereocenters. The number of carboxylic acids is 1. The van der Waals surface area contributed by atoms with E-state index < -0.39 is 5.97 Å². The molecule has 0 spiro atoms. The summed E-state index contributed by atoms with van der Waals surface area (Å²) in [6.45, 7) is 2.07. The minimum atomic E-state index is -0.654. The van der Waals surface area contributed by atoms with Gasteiger partial charge >= 0.3 is 5.97 Å². The van der Waals surface area contributed by atoms with Crippen molar-refractivity contribution in [2.45, 2.75) is 57.7 Å². The Balaban J connectivity index is 2.03. The van der Waals surface area contributed by atoms with Crippen LogP contribution in [0.1, 0.15) is 45.4 Å². The predicted octanol–water partition coefficient (Wildman–Crippen LogP) is 2.44. The number of carboxylic acid groups (broad SMARTS) is 1. The van der Waals surface area contributed by atoms with Gasteiger partial charge < -0.3 is 9.84 Å². The van der Waals surface area contributed by atoms with Gasteiger partial charge in [-0.25, -0.2) is 0 Å². The zero-order valence-electron chi connectivity index (χ0n) is 9.32. The van der Waals surface area contributed by atoms with Gasteiger partial charge in [0.25, 0.3) is 0 Å². The average Bonchev–Trinajstić information content (AvgIpc) is 2.16. The Labute approximate surface area is 90.8 Å². The van der Waals surface area contributed by atoms with Crippen molar-refractivity contribution in [3.63, 3.8) is 0 Å². The smallest absolute Gasteiger partial charge is 0.303 e. The van der Waals surface area contributed by atoms with E-state index >= 15 is 0 Å². The molecule has 0 aromatic carbocycles. The Morgan fingerprint density at radius 3 is 2.87 bits per heavy atom. The lowest BCUT2D eigenvalue weighted by Gasteiger charge is -2.43. The Hall–Kier alpha value is -0.570. The molecule has 1 heterocycles. The lowest BCUT2D eigenvalue weighted by atomic mass is 9.72. The Morgan fingerprint density at radius 1 is 1.40 bits per heavy atom. The fourth-order valence-electron chi connectivity index (χ4n) is 3.25. The molecule has 2 fully saturated rings. The highest BCUT2D eigenvalue weighted by Crippen LogP contribution is 2.40. The first-order chi connectivity index (χ1) is 7.16. The van der Waals surface area contributed by atoms with E-state index in [0.717, 1.165) is 19.3 Å². The van der Waals surface area contributed by atoms with Gasteiger partial charge in [0.1, 0.15) is 0 Å². The van der Waals surface area contributed by atoms with Gasteiger partial charge in [-0.05, 0) is 38.0 Å². The van der Waals surface area contributed by atoms with E-state index in [1.807, 2.05) is 0 Å². The normalized spacial score (nSPS) is 40.9. The SMILES string of the molecule is CC1CC(CC(=O)O)C2CCCCC2O1. The van der Waals surface area contributed by atoms with E-state index in [2.05, 4.69) is 6.92 Å². The van der Waals surface area contributed by atoms with Crippen LogP contribution < -0.4 is 0 Å². The second-order valence-electron chi connectivity index (χ2n) is 5.03. The van der Waals surface area contributed by atoms with Gasteiger partial charge in [0, 0.05) is 6.42 Å². The highest BCUT2D eigenvalue weighted by Gasteiger charge is 2.39. The zero-order valence-corrected chi connectivity index (χ0v) is 9.32. The maximum absolute atomic E-state index is 10.8. The number of carbonyl (C=O) groups is 1. The summed E-state index contributed by atoms with van der Waals surface area (Å²) in [4.78, 5) is 10.8. The molecule has 0 amide bonds. The fourth-order valence-corrected chi connectivity index (χ4v) is 3.25. The molecule has 0 radical (unpaired) electrons. The van der Waals surface area contributed by atoms with Crippen LogP contribution in [0.4, 0.5) is 0 Å². The highest BCUT2D eigenvalue weighted by atomic mass is 16.5. The number of ether oxygens (including phenoxy) is 1. The number of aliphatic carboxylic acids is 1. The van der Waals surface area contributed by atoms with Crippen LogP contribution in [0.25, 0.3) is 0 Å². The maximum atomic E-state index is 10.8. The molecule has 0 aromatic heterocycles. The summed E-state index contributed by atoms with van der Waals surface area (Å²) in [5, 5.41) is 8.90. The van der Waals surface area contributed by atoms with Crippen molar-refractivity contribution in [3.8, 4) is 0 Å². The summed E-state index contributed by atoms with van der Waals surface area (Å²) in [5.74, 6) is 0.195. The molecule has 3 heteroatoms. The van der Waals surface area contributed by atoms with E-state index in [1.165, 1.54) is 12.8 Å². The van der Waals surface area contributed by atoms with Gasteiger partial charge in [-0.2, -0.15) is 0 Å². The summed E-state index contributed by atoms with van der Waals surface area (Å²) in [5.41, 5.74) is 0. The second-order valence-corrected chi connectivity index (χ2v) is 5.03. The monoisotopic (exact) mass is 212 g/mol. The molecule has 1 aliphatic carbocycles. The van der Waals surface area contributed by atoms with Crippen LogP contribution in [0.2, 0.25) is 0 Å². The third-order valence-corrected chi connectivity index (χ3v) is 3.84. The van der Waals surface area contributed by atoms with Gasteiger partial charge in [-0.15, -0.1) is 0 Å². The Morgan fingerprint density at radius 2 is 2.13 bits per heavy atom. The van der Waals surface area contributed by atoms with Crippen LogP contribution in [0.3, 0.4) is 0 Å². The fraction of sp³-hybridized carbons (Fsp3) is 0.917. The quantitative estimate of drug-likeness (QED) is 0.764. The first-order valence-corrected chi connectivity index (χ1v) is 6.04. The summed E-state index contributed by atoms with van der Waals surface area (Å²) in [6, 6.07) is 0. The van der Waals surface area contributed by atoms with Gasteiger partial charge in [0.2, 0.25) is 0 Å². The average molecular weight is 212 g/mol. The summed E-state index contributed by atoms with van der Waals surface area (Å²) in [7, 11) is 0. The molecular formula is C12H20O3. The van der Waals surface area contributed by atoms with Gasteiger partial charge in [-0.1, -0.05) is 12.8 Å². The molecule has 86 valence electrons. The minimum absolute atomic E-state index is 0.244. The molecule has 0 aromatic rings. The van der Waals surface area contributed by atoms with Gasteiger partial charge in [0.05, 0.1) is 12.2 Å². The van der Waals surface area contributed by atoms with E-state index in [0.29, 0.717) is 24.4 Å². The molecule has 1 aliphatic heterocycles. The van der Waals surface area contributed by atoms with Crippen molar-refractivity contribution in [1.29, 1.82) is 0 Å². The summed E-state index contributed by atoms with van der Waals surface area (Å²) in [6.07, 6.45) is 6.62. The third-order valence-electron chi connectivity index (χ3n) is 3.84. The summed E-state index contributed by atoms with van der Waals surface area (Å²) >= 11 is 0. The van der Waals surface area contributed by atoms with E-state index in [1.54, 1.807) is 0 Å². The first-order valence-electron chi connectivity index (χ1n) is 6.04. The standard InChI is InChI=1S/C12H20O3/c1-8-6-9(7-12(13)14)10-4-2-3-5-11(10)15-8/h8-11H,2-7H2,1H3,(H,13,14). The predicted molar refractivity (Wildman–Crippen MR) is 56.7 cm³/mol. The Bertz CT molecular complexity index is 239. The van der Waals surface area contributed by atoms with Crippen LogP contribution in [-0.2, 0) is 9.53 Å².